The molecule has 1 N–H and O–H groups in total. The van der Waals surface area contributed by atoms with E-state index in [-0.39, 0.29) is 5.91 Å². The molecule has 0 bridgehead atoms. The lowest BCUT2D eigenvalue weighted by molar-refractivity contribution is 0.102. The molecule has 0 heterocycles. The normalized spacial score (nSPS) is 10.4. The largest absolute Gasteiger partial charge is 0.495 e. The first-order chi connectivity index (χ1) is 13.5. The summed E-state index contributed by atoms with van der Waals surface area (Å²) in [5.41, 5.74) is 3.01. The number of methoxy groups -OCH3 is 1. The van der Waals surface area contributed by atoms with Crippen LogP contribution in [0.2, 0.25) is 10.0 Å². The average molecular weight is 416 g/mol. The molecule has 0 aromatic heterocycles. The highest BCUT2D eigenvalue weighted by Crippen LogP contribution is 2.27. The van der Waals surface area contributed by atoms with Crippen molar-refractivity contribution < 1.29 is 14.3 Å². The number of ether oxygens (including phenoxy) is 2. The SMILES string of the molecule is COc1ccc(C)cc1NC(=O)c1cccc(OCc2ccc(Cl)c(Cl)c2)c1. The fourth-order valence-corrected chi connectivity index (χ4v) is 2.96. The van der Waals surface area contributed by atoms with Crippen molar-refractivity contribution in [3.05, 3.63) is 87.4 Å². The molecule has 28 heavy (non-hydrogen) atoms. The third kappa shape index (κ3) is 4.97. The van der Waals surface area contributed by atoms with Gasteiger partial charge in [-0.1, -0.05) is 41.4 Å². The van der Waals surface area contributed by atoms with Gasteiger partial charge in [-0.2, -0.15) is 0 Å². The Labute approximate surface area is 174 Å². The molecular formula is C22H19Cl2NO3. The van der Waals surface area contributed by atoms with Gasteiger partial charge in [0.25, 0.3) is 5.91 Å². The van der Waals surface area contributed by atoms with Crippen molar-refractivity contribution in [2.75, 3.05) is 12.4 Å². The summed E-state index contributed by atoms with van der Waals surface area (Å²) in [5.74, 6) is 0.935. The van der Waals surface area contributed by atoms with E-state index in [0.29, 0.717) is 39.4 Å². The molecule has 144 valence electrons. The van der Waals surface area contributed by atoms with Gasteiger partial charge in [0, 0.05) is 5.56 Å². The molecule has 3 aromatic carbocycles. The zero-order valence-corrected chi connectivity index (χ0v) is 17.0. The first-order valence-electron chi connectivity index (χ1n) is 8.59. The number of hydrogen-bond acceptors (Lipinski definition) is 3. The summed E-state index contributed by atoms with van der Waals surface area (Å²) >= 11 is 11.9. The van der Waals surface area contributed by atoms with Crippen molar-refractivity contribution in [1.29, 1.82) is 0 Å². The number of carbonyl (C=O) groups excluding carboxylic acids is 1. The van der Waals surface area contributed by atoms with Crippen LogP contribution < -0.4 is 14.8 Å². The summed E-state index contributed by atoms with van der Waals surface area (Å²) in [6.45, 7) is 2.26. The molecule has 0 aliphatic carbocycles. The van der Waals surface area contributed by atoms with Crippen molar-refractivity contribution >= 4 is 34.8 Å². The van der Waals surface area contributed by atoms with E-state index in [1.807, 2.05) is 31.2 Å². The van der Waals surface area contributed by atoms with Crippen molar-refractivity contribution in [3.8, 4) is 11.5 Å². The molecule has 0 aliphatic heterocycles. The smallest absolute Gasteiger partial charge is 0.255 e. The Balaban J connectivity index is 1.71. The van der Waals surface area contributed by atoms with E-state index in [0.717, 1.165) is 11.1 Å². The molecule has 0 unspecified atom stereocenters. The second kappa shape index (κ2) is 9.00. The molecule has 0 atom stereocenters. The van der Waals surface area contributed by atoms with Crippen LogP contribution in [0.25, 0.3) is 0 Å². The summed E-state index contributed by atoms with van der Waals surface area (Å²) in [6.07, 6.45) is 0. The molecule has 4 nitrogen and oxygen atoms in total. The summed E-state index contributed by atoms with van der Waals surface area (Å²) in [6, 6.07) is 17.9. The average Bonchev–Trinajstić information content (AvgIpc) is 2.69. The second-order valence-electron chi connectivity index (χ2n) is 6.22. The number of rotatable bonds is 6. The van der Waals surface area contributed by atoms with E-state index < -0.39 is 0 Å². The van der Waals surface area contributed by atoms with Crippen LogP contribution in [0.1, 0.15) is 21.5 Å². The number of benzene rings is 3. The third-order valence-electron chi connectivity index (χ3n) is 4.09. The molecule has 0 saturated heterocycles. The summed E-state index contributed by atoms with van der Waals surface area (Å²) in [7, 11) is 1.57. The zero-order valence-electron chi connectivity index (χ0n) is 15.5. The molecule has 0 radical (unpaired) electrons. The number of carbonyl (C=O) groups is 1. The quantitative estimate of drug-likeness (QED) is 0.525. The lowest BCUT2D eigenvalue weighted by Crippen LogP contribution is -2.13. The van der Waals surface area contributed by atoms with Gasteiger partial charge < -0.3 is 14.8 Å². The van der Waals surface area contributed by atoms with Gasteiger partial charge in [0.1, 0.15) is 18.1 Å². The standard InChI is InChI=1S/C22H19Cl2NO3/c1-14-6-9-21(27-2)20(10-14)25-22(26)16-4-3-5-17(12-16)28-13-15-7-8-18(23)19(24)11-15/h3-12H,13H2,1-2H3,(H,25,26). The molecule has 6 heteroatoms. The van der Waals surface area contributed by atoms with Crippen LogP contribution in [0.15, 0.2) is 60.7 Å². The first kappa shape index (κ1) is 20.1. The van der Waals surface area contributed by atoms with E-state index in [2.05, 4.69) is 5.32 Å². The lowest BCUT2D eigenvalue weighted by atomic mass is 10.1. The van der Waals surface area contributed by atoms with Gasteiger partial charge in [-0.3, -0.25) is 4.79 Å². The molecule has 0 aliphatic rings. The van der Waals surface area contributed by atoms with Crippen molar-refractivity contribution in [2.24, 2.45) is 0 Å². The van der Waals surface area contributed by atoms with Crippen LogP contribution in [0.4, 0.5) is 5.69 Å². The monoisotopic (exact) mass is 415 g/mol. The van der Waals surface area contributed by atoms with Crippen LogP contribution in [0, 0.1) is 6.92 Å². The van der Waals surface area contributed by atoms with E-state index in [9.17, 15) is 4.79 Å². The van der Waals surface area contributed by atoms with Crippen LogP contribution in [-0.2, 0) is 6.61 Å². The summed E-state index contributed by atoms with van der Waals surface area (Å²) < 4.78 is 11.1. The fourth-order valence-electron chi connectivity index (χ4n) is 2.64. The molecule has 1 amide bonds. The number of hydrogen-bond donors (Lipinski definition) is 1. The Morgan fingerprint density at radius 1 is 1.00 bits per heavy atom. The molecule has 0 fully saturated rings. The van der Waals surface area contributed by atoms with E-state index >= 15 is 0 Å². The van der Waals surface area contributed by atoms with Crippen molar-refractivity contribution in [1.82, 2.24) is 0 Å². The fraction of sp³-hybridized carbons (Fsp3) is 0.136. The third-order valence-corrected chi connectivity index (χ3v) is 4.83. The van der Waals surface area contributed by atoms with Gasteiger partial charge in [-0.05, 0) is 60.5 Å². The van der Waals surface area contributed by atoms with E-state index in [1.54, 1.807) is 43.5 Å². The van der Waals surface area contributed by atoms with Gasteiger partial charge in [-0.15, -0.1) is 0 Å². The Kier molecular flexibility index (Phi) is 6.45. The van der Waals surface area contributed by atoms with Gasteiger partial charge in [0.2, 0.25) is 0 Å². The zero-order chi connectivity index (χ0) is 20.1. The van der Waals surface area contributed by atoms with Gasteiger partial charge in [0.05, 0.1) is 22.8 Å². The molecule has 0 saturated carbocycles. The summed E-state index contributed by atoms with van der Waals surface area (Å²) in [5, 5.41) is 3.85. The number of anilines is 1. The highest BCUT2D eigenvalue weighted by molar-refractivity contribution is 6.42. The Hall–Kier alpha value is -2.69. The number of nitrogens with one attached hydrogen (secondary N) is 1. The minimum atomic E-state index is -0.246. The van der Waals surface area contributed by atoms with E-state index in [4.69, 9.17) is 32.7 Å². The predicted molar refractivity (Wildman–Crippen MR) is 113 cm³/mol. The van der Waals surface area contributed by atoms with Gasteiger partial charge >= 0.3 is 0 Å². The maximum absolute atomic E-state index is 12.6. The summed E-state index contributed by atoms with van der Waals surface area (Å²) in [4.78, 5) is 12.6. The van der Waals surface area contributed by atoms with Gasteiger partial charge in [0.15, 0.2) is 0 Å². The second-order valence-corrected chi connectivity index (χ2v) is 7.04. The maximum Gasteiger partial charge on any atom is 0.255 e. The van der Waals surface area contributed by atoms with Crippen molar-refractivity contribution in [3.63, 3.8) is 0 Å². The molecule has 0 spiro atoms. The minimum Gasteiger partial charge on any atom is -0.495 e. The predicted octanol–water partition coefficient (Wildman–Crippen LogP) is 6.14. The highest BCUT2D eigenvalue weighted by Gasteiger charge is 2.11. The number of halogens is 2. The highest BCUT2D eigenvalue weighted by atomic mass is 35.5. The Bertz CT molecular complexity index is 1000. The minimum absolute atomic E-state index is 0.246. The van der Waals surface area contributed by atoms with Crippen LogP contribution in [0.3, 0.4) is 0 Å². The van der Waals surface area contributed by atoms with Crippen LogP contribution in [0.5, 0.6) is 11.5 Å². The first-order valence-corrected chi connectivity index (χ1v) is 9.34. The van der Waals surface area contributed by atoms with Crippen LogP contribution >= 0.6 is 23.2 Å². The molecule has 3 rings (SSSR count). The Morgan fingerprint density at radius 3 is 2.57 bits per heavy atom. The number of amides is 1. The van der Waals surface area contributed by atoms with Crippen molar-refractivity contribution in [2.45, 2.75) is 13.5 Å². The van der Waals surface area contributed by atoms with E-state index in [1.165, 1.54) is 0 Å². The lowest BCUT2D eigenvalue weighted by Gasteiger charge is -2.12. The Morgan fingerprint density at radius 2 is 1.82 bits per heavy atom. The molecular weight excluding hydrogens is 397 g/mol. The van der Waals surface area contributed by atoms with Gasteiger partial charge in [-0.25, -0.2) is 0 Å². The van der Waals surface area contributed by atoms with Crippen LogP contribution in [-0.4, -0.2) is 13.0 Å². The topological polar surface area (TPSA) is 47.6 Å². The maximum atomic E-state index is 12.6. The molecule has 3 aromatic rings. The number of aryl methyl sites for hydroxylation is 1.